The minimum Gasteiger partial charge on any atom is -0.496 e. The maximum Gasteiger partial charge on any atom is 0.240 e. The van der Waals surface area contributed by atoms with Gasteiger partial charge in [0, 0.05) is 4.47 Å². The number of methoxy groups -OCH3 is 1. The average Bonchev–Trinajstić information content (AvgIpc) is 2.86. The van der Waals surface area contributed by atoms with Crippen molar-refractivity contribution >= 4 is 15.9 Å². The number of benzene rings is 1. The monoisotopic (exact) mass is 311 g/mol. The summed E-state index contributed by atoms with van der Waals surface area (Å²) in [6.45, 7) is 2.29. The van der Waals surface area contributed by atoms with Crippen molar-refractivity contribution in [2.24, 2.45) is 5.73 Å². The summed E-state index contributed by atoms with van der Waals surface area (Å²) >= 11 is 3.47. The van der Waals surface area contributed by atoms with E-state index in [1.54, 1.807) is 7.11 Å². The normalized spacial score (nSPS) is 10.7. The van der Waals surface area contributed by atoms with Crippen LogP contribution in [0.3, 0.4) is 0 Å². The summed E-state index contributed by atoms with van der Waals surface area (Å²) in [6.07, 6.45) is 0.858. The molecule has 0 atom stereocenters. The van der Waals surface area contributed by atoms with E-state index in [0.29, 0.717) is 11.7 Å². The number of nitrogens with zero attached hydrogens (tertiary/aromatic N) is 2. The van der Waals surface area contributed by atoms with Crippen LogP contribution in [0.1, 0.15) is 18.4 Å². The van der Waals surface area contributed by atoms with Crippen molar-refractivity contribution in [3.63, 3.8) is 0 Å². The van der Waals surface area contributed by atoms with E-state index >= 15 is 0 Å². The molecule has 0 bridgehead atoms. The van der Waals surface area contributed by atoms with Crippen LogP contribution in [0, 0.1) is 0 Å². The molecule has 96 valence electrons. The molecule has 0 radical (unpaired) electrons. The van der Waals surface area contributed by atoms with Crippen molar-refractivity contribution in [1.29, 1.82) is 0 Å². The molecule has 2 N–H and O–H groups in total. The Morgan fingerprint density at radius 3 is 2.78 bits per heavy atom. The van der Waals surface area contributed by atoms with E-state index in [1.807, 2.05) is 12.1 Å². The molecule has 0 spiro atoms. The third-order valence-corrected chi connectivity index (χ3v) is 3.06. The van der Waals surface area contributed by atoms with E-state index < -0.39 is 0 Å². The standard InChI is InChI=1S/C12H14BrN3O2/c1-3-7-4-8(13)5-9(11(7)17-2)12-15-10(6-14)18-16-12/h4-5H,3,6,14H2,1-2H3. The molecule has 0 fully saturated rings. The van der Waals surface area contributed by atoms with E-state index in [4.69, 9.17) is 15.0 Å². The lowest BCUT2D eigenvalue weighted by atomic mass is 10.1. The Hall–Kier alpha value is -1.40. The maximum absolute atomic E-state index is 5.46. The Kier molecular flexibility index (Phi) is 3.98. The van der Waals surface area contributed by atoms with E-state index in [2.05, 4.69) is 33.0 Å². The highest BCUT2D eigenvalue weighted by Gasteiger charge is 2.16. The molecule has 0 saturated carbocycles. The van der Waals surface area contributed by atoms with Crippen LogP contribution in [0.2, 0.25) is 0 Å². The van der Waals surface area contributed by atoms with Gasteiger partial charge >= 0.3 is 0 Å². The van der Waals surface area contributed by atoms with Crippen molar-refractivity contribution in [2.75, 3.05) is 7.11 Å². The third kappa shape index (κ3) is 2.39. The van der Waals surface area contributed by atoms with Crippen molar-refractivity contribution in [2.45, 2.75) is 19.9 Å². The van der Waals surface area contributed by atoms with Gasteiger partial charge in [-0.2, -0.15) is 4.98 Å². The third-order valence-electron chi connectivity index (χ3n) is 2.60. The number of rotatable bonds is 4. The Bertz CT molecular complexity index is 554. The number of ether oxygens (including phenoxy) is 1. The summed E-state index contributed by atoms with van der Waals surface area (Å²) in [6, 6.07) is 3.93. The van der Waals surface area contributed by atoms with Crippen LogP contribution in [-0.4, -0.2) is 17.3 Å². The molecule has 1 aromatic heterocycles. The molecular formula is C12H14BrN3O2. The van der Waals surface area contributed by atoms with Crippen molar-refractivity contribution in [1.82, 2.24) is 10.1 Å². The summed E-state index contributed by atoms with van der Waals surface area (Å²) in [5.41, 5.74) is 7.34. The summed E-state index contributed by atoms with van der Waals surface area (Å²) in [7, 11) is 1.63. The van der Waals surface area contributed by atoms with E-state index in [9.17, 15) is 0 Å². The van der Waals surface area contributed by atoms with Gasteiger partial charge in [0.2, 0.25) is 11.7 Å². The predicted molar refractivity (Wildman–Crippen MR) is 71.3 cm³/mol. The van der Waals surface area contributed by atoms with Gasteiger partial charge in [0.25, 0.3) is 0 Å². The van der Waals surface area contributed by atoms with Crippen LogP contribution in [0.25, 0.3) is 11.4 Å². The molecule has 0 saturated heterocycles. The smallest absolute Gasteiger partial charge is 0.240 e. The van der Waals surface area contributed by atoms with Crippen molar-refractivity contribution < 1.29 is 9.26 Å². The molecular weight excluding hydrogens is 298 g/mol. The minimum atomic E-state index is 0.226. The summed E-state index contributed by atoms with van der Waals surface area (Å²) in [5, 5.41) is 3.92. The van der Waals surface area contributed by atoms with Crippen LogP contribution in [0.5, 0.6) is 5.75 Å². The first kappa shape index (κ1) is 13.0. The Labute approximate surface area is 113 Å². The van der Waals surface area contributed by atoms with Crippen LogP contribution < -0.4 is 10.5 Å². The lowest BCUT2D eigenvalue weighted by molar-refractivity contribution is 0.379. The van der Waals surface area contributed by atoms with E-state index in [-0.39, 0.29) is 6.54 Å². The number of hydrogen-bond acceptors (Lipinski definition) is 5. The topological polar surface area (TPSA) is 74.2 Å². The second-order valence-corrected chi connectivity index (χ2v) is 4.63. The zero-order valence-corrected chi connectivity index (χ0v) is 11.8. The van der Waals surface area contributed by atoms with Crippen LogP contribution >= 0.6 is 15.9 Å². The fraction of sp³-hybridized carbons (Fsp3) is 0.333. The summed E-state index contributed by atoms with van der Waals surface area (Å²) in [4.78, 5) is 4.22. The second kappa shape index (κ2) is 5.49. The lowest BCUT2D eigenvalue weighted by Crippen LogP contribution is -1.97. The fourth-order valence-corrected chi connectivity index (χ4v) is 2.27. The molecule has 18 heavy (non-hydrogen) atoms. The molecule has 6 heteroatoms. The number of halogens is 1. The van der Waals surface area contributed by atoms with Gasteiger partial charge in [0.05, 0.1) is 19.2 Å². The van der Waals surface area contributed by atoms with Crippen molar-refractivity contribution in [3.05, 3.63) is 28.1 Å². The van der Waals surface area contributed by atoms with Gasteiger partial charge in [-0.1, -0.05) is 28.0 Å². The summed E-state index contributed by atoms with van der Waals surface area (Å²) < 4.78 is 11.4. The highest BCUT2D eigenvalue weighted by atomic mass is 79.9. The molecule has 1 heterocycles. The molecule has 2 aromatic rings. The SMILES string of the molecule is CCc1cc(Br)cc(-c2noc(CN)n2)c1OC. The van der Waals surface area contributed by atoms with Gasteiger partial charge in [0.1, 0.15) is 5.75 Å². The van der Waals surface area contributed by atoms with Gasteiger partial charge in [-0.25, -0.2) is 0 Å². The Morgan fingerprint density at radius 2 is 2.22 bits per heavy atom. The number of aryl methyl sites for hydroxylation is 1. The van der Waals surface area contributed by atoms with E-state index in [1.165, 1.54) is 0 Å². The predicted octanol–water partition coefficient (Wildman–Crippen LogP) is 2.53. The Morgan fingerprint density at radius 1 is 1.44 bits per heavy atom. The van der Waals surface area contributed by atoms with Gasteiger partial charge in [-0.3, -0.25) is 0 Å². The number of hydrogen-bond donors (Lipinski definition) is 1. The lowest BCUT2D eigenvalue weighted by Gasteiger charge is -2.11. The molecule has 0 aliphatic rings. The molecule has 0 unspecified atom stereocenters. The average molecular weight is 312 g/mol. The van der Waals surface area contributed by atoms with Crippen molar-refractivity contribution in [3.8, 4) is 17.1 Å². The number of nitrogens with two attached hydrogens (primary N) is 1. The molecule has 1 aromatic carbocycles. The quantitative estimate of drug-likeness (QED) is 0.939. The molecule has 2 rings (SSSR count). The highest BCUT2D eigenvalue weighted by Crippen LogP contribution is 2.35. The Balaban J connectivity index is 2.58. The van der Waals surface area contributed by atoms with E-state index in [0.717, 1.165) is 27.8 Å². The first-order valence-electron chi connectivity index (χ1n) is 5.59. The zero-order chi connectivity index (χ0) is 13.1. The van der Waals surface area contributed by atoms with Gasteiger partial charge < -0.3 is 15.0 Å². The molecule has 0 amide bonds. The molecule has 0 aliphatic heterocycles. The second-order valence-electron chi connectivity index (χ2n) is 3.72. The molecule has 5 nitrogen and oxygen atoms in total. The zero-order valence-electron chi connectivity index (χ0n) is 10.2. The first-order chi connectivity index (χ1) is 8.69. The van der Waals surface area contributed by atoms with Gasteiger partial charge in [0.15, 0.2) is 0 Å². The highest BCUT2D eigenvalue weighted by molar-refractivity contribution is 9.10. The van der Waals surface area contributed by atoms with Crippen LogP contribution in [0.4, 0.5) is 0 Å². The largest absolute Gasteiger partial charge is 0.496 e. The van der Waals surface area contributed by atoms with Crippen LogP contribution in [-0.2, 0) is 13.0 Å². The molecule has 0 aliphatic carbocycles. The van der Waals surface area contributed by atoms with Crippen LogP contribution in [0.15, 0.2) is 21.1 Å². The number of aromatic nitrogens is 2. The maximum atomic E-state index is 5.46. The minimum absolute atomic E-state index is 0.226. The first-order valence-corrected chi connectivity index (χ1v) is 6.38. The fourth-order valence-electron chi connectivity index (χ4n) is 1.77. The summed E-state index contributed by atoms with van der Waals surface area (Å²) in [5.74, 6) is 1.67. The van der Waals surface area contributed by atoms with Gasteiger partial charge in [-0.05, 0) is 24.1 Å². The van der Waals surface area contributed by atoms with Gasteiger partial charge in [-0.15, -0.1) is 0 Å².